The highest BCUT2D eigenvalue weighted by Crippen LogP contribution is 2.16. The van der Waals surface area contributed by atoms with Crippen molar-refractivity contribution in [1.82, 2.24) is 14.9 Å². The number of rotatable bonds is 7. The van der Waals surface area contributed by atoms with Crippen LogP contribution in [0.5, 0.6) is 0 Å². The Hall–Kier alpha value is -3.06. The predicted molar refractivity (Wildman–Crippen MR) is 100 cm³/mol. The third kappa shape index (κ3) is 4.27. The molecule has 3 rings (SSSR count). The number of fused-ring (bicyclic) bond motifs is 1. The second kappa shape index (κ2) is 8.16. The first-order valence-corrected chi connectivity index (χ1v) is 8.46. The molecule has 4 nitrogen and oxygen atoms in total. The largest absolute Gasteiger partial charge is 0.356 e. The molecule has 0 atom stereocenters. The number of hydrogen-bond donors (Lipinski definition) is 1. The monoisotopic (exact) mass is 331 g/mol. The highest BCUT2D eigenvalue weighted by Gasteiger charge is 2.09. The van der Waals surface area contributed by atoms with Crippen LogP contribution in [-0.4, -0.2) is 22.0 Å². The van der Waals surface area contributed by atoms with Crippen LogP contribution < -0.4 is 5.32 Å². The zero-order valence-corrected chi connectivity index (χ0v) is 14.1. The van der Waals surface area contributed by atoms with Crippen molar-refractivity contribution in [1.29, 1.82) is 0 Å². The molecule has 0 saturated carbocycles. The van der Waals surface area contributed by atoms with E-state index < -0.39 is 0 Å². The summed E-state index contributed by atoms with van der Waals surface area (Å²) in [5, 5.41) is 2.97. The van der Waals surface area contributed by atoms with Crippen LogP contribution in [0.3, 0.4) is 0 Å². The lowest BCUT2D eigenvalue weighted by Gasteiger charge is -2.07. The highest BCUT2D eigenvalue weighted by atomic mass is 16.1. The molecule has 2 aromatic carbocycles. The molecule has 0 unspecified atom stereocenters. The minimum absolute atomic E-state index is 0.0447. The van der Waals surface area contributed by atoms with Crippen molar-refractivity contribution in [3.05, 3.63) is 66.0 Å². The molecule has 126 valence electrons. The average molecular weight is 331 g/mol. The second-order valence-electron chi connectivity index (χ2n) is 5.92. The lowest BCUT2D eigenvalue weighted by atomic mass is 10.1. The fraction of sp³-hybridized carbons (Fsp3) is 0.238. The first-order valence-electron chi connectivity index (χ1n) is 8.46. The number of terminal acetylenes is 1. The smallest absolute Gasteiger partial charge is 0.224 e. The van der Waals surface area contributed by atoms with Gasteiger partial charge in [-0.1, -0.05) is 48.4 Å². The van der Waals surface area contributed by atoms with E-state index in [1.54, 1.807) is 0 Å². The van der Waals surface area contributed by atoms with E-state index in [1.165, 1.54) is 0 Å². The van der Waals surface area contributed by atoms with Gasteiger partial charge in [0.05, 0.1) is 24.0 Å². The number of nitrogens with zero attached hydrogens (tertiary/aromatic N) is 2. The van der Waals surface area contributed by atoms with Gasteiger partial charge >= 0.3 is 0 Å². The average Bonchev–Trinajstić information content (AvgIpc) is 2.98. The summed E-state index contributed by atoms with van der Waals surface area (Å²) in [6, 6.07) is 17.7. The molecule has 0 aliphatic heterocycles. The molecule has 1 amide bonds. The standard InChI is InChI=1S/C21H21N3O/c1-2-15-24-19-12-7-6-11-18(19)23-20(24)13-8-14-22-21(25)16-17-9-4-3-5-10-17/h1,3-7,9-12H,8,13-16H2,(H,22,25). The van der Waals surface area contributed by atoms with E-state index in [0.717, 1.165) is 35.3 Å². The number of imidazole rings is 1. The number of carbonyl (C=O) groups is 1. The van der Waals surface area contributed by atoms with Gasteiger partial charge in [0.2, 0.25) is 5.91 Å². The van der Waals surface area contributed by atoms with Gasteiger partial charge in [-0.2, -0.15) is 0 Å². The number of aryl methyl sites for hydroxylation is 1. The molecule has 0 aliphatic carbocycles. The van der Waals surface area contributed by atoms with Gasteiger partial charge in [0.15, 0.2) is 0 Å². The van der Waals surface area contributed by atoms with Gasteiger partial charge < -0.3 is 9.88 Å². The second-order valence-corrected chi connectivity index (χ2v) is 5.92. The molecule has 1 aromatic heterocycles. The van der Waals surface area contributed by atoms with Crippen molar-refractivity contribution < 1.29 is 4.79 Å². The van der Waals surface area contributed by atoms with Crippen LogP contribution in [0, 0.1) is 12.3 Å². The molecule has 0 bridgehead atoms. The van der Waals surface area contributed by atoms with Gasteiger partial charge in [0.1, 0.15) is 5.82 Å². The summed E-state index contributed by atoms with van der Waals surface area (Å²) in [7, 11) is 0. The summed E-state index contributed by atoms with van der Waals surface area (Å²) >= 11 is 0. The molecule has 1 N–H and O–H groups in total. The van der Waals surface area contributed by atoms with Crippen molar-refractivity contribution in [3.63, 3.8) is 0 Å². The minimum atomic E-state index is 0.0447. The third-order valence-corrected chi connectivity index (χ3v) is 4.09. The Morgan fingerprint density at radius 2 is 1.88 bits per heavy atom. The van der Waals surface area contributed by atoms with Gasteiger partial charge in [0, 0.05) is 13.0 Å². The number of amides is 1. The van der Waals surface area contributed by atoms with Crippen molar-refractivity contribution in [2.75, 3.05) is 6.54 Å². The molecule has 25 heavy (non-hydrogen) atoms. The lowest BCUT2D eigenvalue weighted by Crippen LogP contribution is -2.26. The lowest BCUT2D eigenvalue weighted by molar-refractivity contribution is -0.120. The maximum atomic E-state index is 12.0. The van der Waals surface area contributed by atoms with Gasteiger partial charge in [-0.15, -0.1) is 6.42 Å². The number of nitrogens with one attached hydrogen (secondary N) is 1. The fourth-order valence-electron chi connectivity index (χ4n) is 2.90. The fourth-order valence-corrected chi connectivity index (χ4v) is 2.90. The van der Waals surface area contributed by atoms with E-state index in [9.17, 15) is 4.79 Å². The van der Waals surface area contributed by atoms with E-state index in [1.807, 2.05) is 54.6 Å². The maximum absolute atomic E-state index is 12.0. The SMILES string of the molecule is C#CCn1c(CCCNC(=O)Cc2ccccc2)nc2ccccc21. The first-order chi connectivity index (χ1) is 12.3. The summed E-state index contributed by atoms with van der Waals surface area (Å²) in [5.41, 5.74) is 3.04. The summed E-state index contributed by atoms with van der Waals surface area (Å²) in [5.74, 6) is 3.71. The Balaban J connectivity index is 1.54. The first kappa shape index (κ1) is 16.8. The molecule has 0 saturated heterocycles. The quantitative estimate of drug-likeness (QED) is 0.534. The Kier molecular flexibility index (Phi) is 5.48. The van der Waals surface area contributed by atoms with E-state index in [0.29, 0.717) is 19.5 Å². The number of aromatic nitrogens is 2. The van der Waals surface area contributed by atoms with E-state index in [2.05, 4.69) is 20.8 Å². The zero-order chi connectivity index (χ0) is 17.5. The topological polar surface area (TPSA) is 46.9 Å². The van der Waals surface area contributed by atoms with E-state index in [4.69, 9.17) is 6.42 Å². The molecular formula is C21H21N3O. The Bertz CT molecular complexity index is 890. The summed E-state index contributed by atoms with van der Waals surface area (Å²) in [4.78, 5) is 16.6. The molecule has 0 aliphatic rings. The normalized spacial score (nSPS) is 10.5. The third-order valence-electron chi connectivity index (χ3n) is 4.09. The van der Waals surface area contributed by atoms with Crippen molar-refractivity contribution in [3.8, 4) is 12.3 Å². The zero-order valence-electron chi connectivity index (χ0n) is 14.1. The summed E-state index contributed by atoms with van der Waals surface area (Å²) < 4.78 is 2.07. The predicted octanol–water partition coefficient (Wildman–Crippen LogP) is 2.96. The molecule has 0 radical (unpaired) electrons. The molecule has 3 aromatic rings. The Morgan fingerprint density at radius 1 is 1.12 bits per heavy atom. The summed E-state index contributed by atoms with van der Waals surface area (Å²) in [6.07, 6.45) is 7.51. The van der Waals surface area contributed by atoms with Crippen LogP contribution in [0.15, 0.2) is 54.6 Å². The molecule has 0 spiro atoms. The van der Waals surface area contributed by atoms with E-state index >= 15 is 0 Å². The maximum Gasteiger partial charge on any atom is 0.224 e. The molecule has 1 heterocycles. The molecular weight excluding hydrogens is 310 g/mol. The summed E-state index contributed by atoms with van der Waals surface area (Å²) in [6.45, 7) is 1.14. The van der Waals surface area contributed by atoms with Crippen molar-refractivity contribution in [2.45, 2.75) is 25.8 Å². The van der Waals surface area contributed by atoms with Crippen LogP contribution in [0.2, 0.25) is 0 Å². The van der Waals surface area contributed by atoms with Gasteiger partial charge in [0.25, 0.3) is 0 Å². The number of para-hydroxylation sites is 2. The van der Waals surface area contributed by atoms with Crippen molar-refractivity contribution in [2.24, 2.45) is 0 Å². The Morgan fingerprint density at radius 3 is 2.68 bits per heavy atom. The highest BCUT2D eigenvalue weighted by molar-refractivity contribution is 5.78. The van der Waals surface area contributed by atoms with Crippen LogP contribution in [0.1, 0.15) is 17.8 Å². The van der Waals surface area contributed by atoms with Gasteiger partial charge in [-0.3, -0.25) is 4.79 Å². The van der Waals surface area contributed by atoms with Gasteiger partial charge in [-0.25, -0.2) is 4.98 Å². The van der Waals surface area contributed by atoms with Crippen molar-refractivity contribution >= 4 is 16.9 Å². The van der Waals surface area contributed by atoms with E-state index in [-0.39, 0.29) is 5.91 Å². The number of carbonyl (C=O) groups excluding carboxylic acids is 1. The number of hydrogen-bond acceptors (Lipinski definition) is 2. The molecule has 4 heteroatoms. The van der Waals surface area contributed by atoms with Crippen LogP contribution >= 0.6 is 0 Å². The van der Waals surface area contributed by atoms with Crippen LogP contribution in [0.25, 0.3) is 11.0 Å². The van der Waals surface area contributed by atoms with Gasteiger partial charge in [-0.05, 0) is 24.1 Å². The minimum Gasteiger partial charge on any atom is -0.356 e. The van der Waals surface area contributed by atoms with Crippen LogP contribution in [-0.2, 0) is 24.2 Å². The number of benzene rings is 2. The molecule has 0 fully saturated rings. The Labute approximate surface area is 147 Å². The van der Waals surface area contributed by atoms with Crippen LogP contribution in [0.4, 0.5) is 0 Å².